The lowest BCUT2D eigenvalue weighted by molar-refractivity contribution is -0.379. The third-order valence-electron chi connectivity index (χ3n) is 16.3. The second-order valence-electron chi connectivity index (χ2n) is 19.7. The van der Waals surface area contributed by atoms with Gasteiger partial charge in [-0.3, -0.25) is 0 Å². The van der Waals surface area contributed by atoms with Crippen molar-refractivity contribution in [3.63, 3.8) is 0 Å². The minimum atomic E-state index is -1.38. The minimum absolute atomic E-state index is 0.0314. The van der Waals surface area contributed by atoms with Crippen molar-refractivity contribution in [1.29, 1.82) is 0 Å². The first-order chi connectivity index (χ1) is 24.3. The summed E-state index contributed by atoms with van der Waals surface area (Å²) in [6, 6.07) is 0. The monoisotopic (exact) mass is 736 g/mol. The second kappa shape index (κ2) is 12.6. The summed E-state index contributed by atoms with van der Waals surface area (Å²) in [5.74, 6) is 0.0832. The number of hydrogen-bond acceptors (Lipinski definition) is 12. The van der Waals surface area contributed by atoms with E-state index in [1.165, 1.54) is 0 Å². The van der Waals surface area contributed by atoms with E-state index >= 15 is 0 Å². The molecule has 12 nitrogen and oxygen atoms in total. The number of ether oxygens (including phenoxy) is 6. The number of allylic oxidation sites excluding steroid dienone is 1. The Morgan fingerprint density at radius 1 is 0.750 bits per heavy atom. The van der Waals surface area contributed by atoms with Crippen molar-refractivity contribution in [3.05, 3.63) is 11.6 Å². The summed E-state index contributed by atoms with van der Waals surface area (Å²) in [7, 11) is 0. The molecule has 0 aromatic rings. The normalized spacial score (nSPS) is 58.0. The van der Waals surface area contributed by atoms with E-state index in [0.717, 1.165) is 50.5 Å². The van der Waals surface area contributed by atoms with E-state index in [1.807, 2.05) is 0 Å². The van der Waals surface area contributed by atoms with E-state index in [1.54, 1.807) is 0 Å². The van der Waals surface area contributed by atoms with Crippen molar-refractivity contribution < 1.29 is 59.1 Å². The van der Waals surface area contributed by atoms with E-state index in [2.05, 4.69) is 54.5 Å². The second-order valence-corrected chi connectivity index (χ2v) is 19.7. The molecular formula is C40H64O12. The van der Waals surface area contributed by atoms with Crippen molar-refractivity contribution in [2.75, 3.05) is 19.8 Å². The van der Waals surface area contributed by atoms with Gasteiger partial charge < -0.3 is 59.1 Å². The number of rotatable bonds is 5. The first kappa shape index (κ1) is 38.1. The smallest absolute Gasteiger partial charge is 0.186 e. The van der Waals surface area contributed by atoms with Gasteiger partial charge in [0.05, 0.1) is 37.6 Å². The van der Waals surface area contributed by atoms with Gasteiger partial charge in [0, 0.05) is 24.2 Å². The Labute approximate surface area is 308 Å². The third kappa shape index (κ3) is 5.29. The van der Waals surface area contributed by atoms with Crippen LogP contribution in [0.4, 0.5) is 0 Å². The summed E-state index contributed by atoms with van der Waals surface area (Å²) in [6.45, 7) is 16.3. The van der Waals surface area contributed by atoms with Crippen LogP contribution in [0, 0.1) is 45.3 Å². The van der Waals surface area contributed by atoms with Gasteiger partial charge in [-0.05, 0) is 93.3 Å². The number of hydrogen-bond donors (Lipinski definition) is 6. The molecule has 4 heterocycles. The molecule has 52 heavy (non-hydrogen) atoms. The van der Waals surface area contributed by atoms with Gasteiger partial charge in [0.1, 0.15) is 36.6 Å². The van der Waals surface area contributed by atoms with Crippen LogP contribution in [0.2, 0.25) is 0 Å². The first-order valence-corrected chi connectivity index (χ1v) is 19.9. The highest BCUT2D eigenvalue weighted by Gasteiger charge is 2.81. The third-order valence-corrected chi connectivity index (χ3v) is 16.3. The molecule has 8 fully saturated rings. The Morgan fingerprint density at radius 2 is 1.40 bits per heavy atom. The molecule has 4 aliphatic heterocycles. The fourth-order valence-electron chi connectivity index (χ4n) is 14.1. The van der Waals surface area contributed by atoms with Gasteiger partial charge in [-0.1, -0.05) is 39.3 Å². The number of aliphatic hydroxyl groups excluding tert-OH is 6. The van der Waals surface area contributed by atoms with E-state index in [9.17, 15) is 30.6 Å². The lowest BCUT2D eigenvalue weighted by Gasteiger charge is -2.70. The largest absolute Gasteiger partial charge is 0.388 e. The van der Waals surface area contributed by atoms with E-state index in [4.69, 9.17) is 28.4 Å². The van der Waals surface area contributed by atoms with Crippen LogP contribution in [-0.4, -0.2) is 123 Å². The average molecular weight is 737 g/mol. The fourth-order valence-corrected chi connectivity index (χ4v) is 14.1. The maximum Gasteiger partial charge on any atom is 0.186 e. The SMILES string of the molecule is CC(C)=C[C@H]1C[C@](C)(O[C@H]2OC[C@H](O)[C@H](O)[C@@H]2O)[C@@H]2[C@H]3CC[C@@H]4[C@@]5(C)CC[C@H](O[C@@H]6OC[C@H](O)[C@H](O)[C@H]6O)C(C)(C)[C@@H]5CC[C@@]4(C)[C@@]34CO[C@@]2(C4)O1. The molecule has 12 heteroatoms. The summed E-state index contributed by atoms with van der Waals surface area (Å²) in [6.07, 6.45) is -0.789. The van der Waals surface area contributed by atoms with Crippen molar-refractivity contribution in [2.24, 2.45) is 45.3 Å². The lowest BCUT2D eigenvalue weighted by atomic mass is 9.35. The molecule has 2 bridgehead atoms. The zero-order valence-corrected chi connectivity index (χ0v) is 32.1. The van der Waals surface area contributed by atoms with Crippen LogP contribution in [-0.2, 0) is 28.4 Å². The van der Waals surface area contributed by atoms with Crippen molar-refractivity contribution in [2.45, 2.75) is 173 Å². The predicted molar refractivity (Wildman–Crippen MR) is 186 cm³/mol. The van der Waals surface area contributed by atoms with Crippen molar-refractivity contribution in [3.8, 4) is 0 Å². The molecule has 0 aromatic carbocycles. The number of aliphatic hydroxyl groups is 6. The summed E-state index contributed by atoms with van der Waals surface area (Å²) >= 11 is 0. The molecule has 6 N–H and O–H groups in total. The van der Waals surface area contributed by atoms with Gasteiger partial charge in [-0.25, -0.2) is 0 Å². The highest BCUT2D eigenvalue weighted by molar-refractivity contribution is 5.27. The minimum Gasteiger partial charge on any atom is -0.388 e. The van der Waals surface area contributed by atoms with E-state index < -0.39 is 60.6 Å². The first-order valence-electron chi connectivity index (χ1n) is 19.9. The highest BCUT2D eigenvalue weighted by Crippen LogP contribution is 2.80. The summed E-state index contributed by atoms with van der Waals surface area (Å²) in [5.41, 5.74) is -0.0373. The Hall–Kier alpha value is -0.740. The molecule has 296 valence electrons. The van der Waals surface area contributed by atoms with Gasteiger partial charge in [0.15, 0.2) is 18.4 Å². The van der Waals surface area contributed by atoms with Crippen LogP contribution >= 0.6 is 0 Å². The predicted octanol–water partition coefficient (Wildman–Crippen LogP) is 2.78. The van der Waals surface area contributed by atoms with Gasteiger partial charge in [0.2, 0.25) is 0 Å². The number of fused-ring (bicyclic) bond motifs is 4. The molecule has 8 rings (SSSR count). The topological polar surface area (TPSA) is 177 Å². The molecule has 4 aliphatic carbocycles. The lowest BCUT2D eigenvalue weighted by Crippen LogP contribution is -2.68. The van der Waals surface area contributed by atoms with Crippen LogP contribution in [0.15, 0.2) is 11.6 Å². The zero-order valence-electron chi connectivity index (χ0n) is 32.1. The summed E-state index contributed by atoms with van der Waals surface area (Å²) in [5, 5.41) is 62.8. The molecule has 19 atom stereocenters. The van der Waals surface area contributed by atoms with Crippen LogP contribution in [0.3, 0.4) is 0 Å². The van der Waals surface area contributed by atoms with E-state index in [0.29, 0.717) is 24.9 Å². The standard InChI is InChI=1S/C40H64O12/c1-20(2)14-21-15-38(7,52-34-31(46)29(44)24(42)17-48-34)32-22-8-9-26-36(5)12-11-27(50-33-30(45)28(43)23(41)16-47-33)35(3,4)25(36)10-13-37(26,6)39(22)18-40(32,51-21)49-19-39/h14,21-34,41-46H,8-13,15-19H2,1-7H3/t21-,22+,23-,24-,25-,26+,27-,28-,29-,30+,31-,32-,33-,34+,36-,37+,38-,39-,40-/m0/s1. The Balaban J connectivity index is 1.09. The van der Waals surface area contributed by atoms with Crippen molar-refractivity contribution in [1.82, 2.24) is 0 Å². The maximum absolute atomic E-state index is 11.0. The van der Waals surface area contributed by atoms with Gasteiger partial charge in [-0.15, -0.1) is 0 Å². The van der Waals surface area contributed by atoms with Crippen LogP contribution < -0.4 is 0 Å². The molecule has 4 saturated heterocycles. The quantitative estimate of drug-likeness (QED) is 0.180. The zero-order chi connectivity index (χ0) is 37.4. The molecule has 0 radical (unpaired) electrons. The average Bonchev–Trinajstić information content (AvgIpc) is 3.59. The van der Waals surface area contributed by atoms with Crippen molar-refractivity contribution >= 4 is 0 Å². The summed E-state index contributed by atoms with van der Waals surface area (Å²) < 4.78 is 39.0. The van der Waals surface area contributed by atoms with Gasteiger partial charge in [-0.2, -0.15) is 0 Å². The molecule has 0 unspecified atom stereocenters. The Kier molecular flexibility index (Phi) is 9.27. The van der Waals surface area contributed by atoms with Crippen LogP contribution in [0.25, 0.3) is 0 Å². The Morgan fingerprint density at radius 3 is 2.08 bits per heavy atom. The maximum atomic E-state index is 11.0. The molecule has 4 saturated carbocycles. The highest BCUT2D eigenvalue weighted by atomic mass is 16.7. The van der Waals surface area contributed by atoms with E-state index in [-0.39, 0.29) is 58.9 Å². The fraction of sp³-hybridized carbons (Fsp3) is 0.950. The Bertz CT molecular complexity index is 1400. The molecular weight excluding hydrogens is 672 g/mol. The molecule has 0 aromatic heterocycles. The molecule has 8 aliphatic rings. The van der Waals surface area contributed by atoms with Crippen LogP contribution in [0.1, 0.15) is 99.8 Å². The molecule has 0 amide bonds. The van der Waals surface area contributed by atoms with Gasteiger partial charge in [0.25, 0.3) is 0 Å². The molecule has 2 spiro atoms. The van der Waals surface area contributed by atoms with Gasteiger partial charge >= 0.3 is 0 Å². The van der Waals surface area contributed by atoms with Crippen LogP contribution in [0.5, 0.6) is 0 Å². The summed E-state index contributed by atoms with van der Waals surface area (Å²) in [4.78, 5) is 0.